The summed E-state index contributed by atoms with van der Waals surface area (Å²) in [6.07, 6.45) is 1.34. The van der Waals surface area contributed by atoms with Gasteiger partial charge in [-0.15, -0.1) is 0 Å². The second-order valence-corrected chi connectivity index (χ2v) is 4.91. The number of alkyl halides is 1. The third-order valence-electron chi connectivity index (χ3n) is 2.05. The number of halogens is 1. The molecule has 1 aromatic rings. The first-order valence-electron chi connectivity index (χ1n) is 5.24. The van der Waals surface area contributed by atoms with Crippen molar-refractivity contribution in [1.29, 1.82) is 0 Å². The number of aromatic nitrogens is 2. The van der Waals surface area contributed by atoms with Gasteiger partial charge >= 0.3 is 0 Å². The van der Waals surface area contributed by atoms with E-state index in [0.29, 0.717) is 13.0 Å². The molecule has 0 radical (unpaired) electrons. The minimum Gasteiger partial charge on any atom is -0.309 e. The van der Waals surface area contributed by atoms with Gasteiger partial charge in [0.05, 0.1) is 5.69 Å². The van der Waals surface area contributed by atoms with Crippen LogP contribution in [0.4, 0.5) is 4.39 Å². The molecule has 0 aliphatic rings. The number of aryl methyl sites for hydroxylation is 1. The Morgan fingerprint density at radius 1 is 1.53 bits per heavy atom. The minimum atomic E-state index is -0.876. The zero-order valence-electron chi connectivity index (χ0n) is 9.92. The van der Waals surface area contributed by atoms with Crippen LogP contribution in [0.1, 0.15) is 26.5 Å². The van der Waals surface area contributed by atoms with Gasteiger partial charge in [0.25, 0.3) is 0 Å². The molecular weight excluding hydrogens is 193 g/mol. The van der Waals surface area contributed by atoms with E-state index < -0.39 is 6.17 Å². The third kappa shape index (κ3) is 4.93. The zero-order valence-corrected chi connectivity index (χ0v) is 9.92. The van der Waals surface area contributed by atoms with Gasteiger partial charge in [-0.3, -0.25) is 4.68 Å². The summed E-state index contributed by atoms with van der Waals surface area (Å²) in [5.41, 5.74) is 0.773. The normalized spacial score (nSPS) is 14.2. The van der Waals surface area contributed by atoms with Gasteiger partial charge in [-0.1, -0.05) is 0 Å². The summed E-state index contributed by atoms with van der Waals surface area (Å²) in [6.45, 7) is 6.46. The van der Waals surface area contributed by atoms with Crippen molar-refractivity contribution in [3.63, 3.8) is 0 Å². The molecule has 1 aromatic heterocycles. The van der Waals surface area contributed by atoms with E-state index in [4.69, 9.17) is 0 Å². The lowest BCUT2D eigenvalue weighted by atomic mass is 10.1. The van der Waals surface area contributed by atoms with Crippen LogP contribution >= 0.6 is 0 Å². The van der Waals surface area contributed by atoms with E-state index in [2.05, 4.69) is 10.4 Å². The van der Waals surface area contributed by atoms with Crippen LogP contribution in [-0.4, -0.2) is 28.0 Å². The molecule has 0 spiro atoms. The van der Waals surface area contributed by atoms with Crippen LogP contribution in [0.15, 0.2) is 12.3 Å². The quantitative estimate of drug-likeness (QED) is 0.825. The van der Waals surface area contributed by atoms with Gasteiger partial charge in [0.1, 0.15) is 6.17 Å². The lowest BCUT2D eigenvalue weighted by molar-refractivity contribution is 0.282. The standard InChI is InChI=1S/C11H20FN3/c1-11(2,3)13-8-9(12)7-10-5-6-15(4)14-10/h5-6,9,13H,7-8H2,1-4H3. The first-order chi connectivity index (χ1) is 6.87. The van der Waals surface area contributed by atoms with E-state index in [9.17, 15) is 4.39 Å². The highest BCUT2D eigenvalue weighted by Crippen LogP contribution is 2.05. The highest BCUT2D eigenvalue weighted by molar-refractivity contribution is 5.00. The van der Waals surface area contributed by atoms with Crippen molar-refractivity contribution in [2.75, 3.05) is 6.54 Å². The highest BCUT2D eigenvalue weighted by Gasteiger charge is 2.14. The maximum atomic E-state index is 13.5. The Morgan fingerprint density at radius 3 is 2.67 bits per heavy atom. The summed E-state index contributed by atoms with van der Waals surface area (Å²) in [6, 6.07) is 1.85. The fraction of sp³-hybridized carbons (Fsp3) is 0.727. The monoisotopic (exact) mass is 213 g/mol. The maximum absolute atomic E-state index is 13.5. The van der Waals surface area contributed by atoms with Gasteiger partial charge in [0.15, 0.2) is 0 Å². The zero-order chi connectivity index (χ0) is 11.5. The van der Waals surface area contributed by atoms with Crippen LogP contribution < -0.4 is 5.32 Å². The summed E-state index contributed by atoms with van der Waals surface area (Å²) >= 11 is 0. The van der Waals surface area contributed by atoms with Crippen molar-refractivity contribution >= 4 is 0 Å². The number of nitrogens with one attached hydrogen (secondary N) is 1. The first-order valence-corrected chi connectivity index (χ1v) is 5.24. The molecule has 0 aliphatic heterocycles. The van der Waals surface area contributed by atoms with Crippen LogP contribution in [0.5, 0.6) is 0 Å². The molecule has 1 unspecified atom stereocenters. The van der Waals surface area contributed by atoms with Gasteiger partial charge in [-0.2, -0.15) is 5.10 Å². The van der Waals surface area contributed by atoms with Crippen molar-refractivity contribution in [1.82, 2.24) is 15.1 Å². The Morgan fingerprint density at radius 2 is 2.20 bits per heavy atom. The second-order valence-electron chi connectivity index (χ2n) is 4.91. The van der Waals surface area contributed by atoms with Gasteiger partial charge in [-0.25, -0.2) is 4.39 Å². The molecule has 0 aromatic carbocycles. The van der Waals surface area contributed by atoms with Gasteiger partial charge in [-0.05, 0) is 26.8 Å². The van der Waals surface area contributed by atoms with Crippen molar-refractivity contribution < 1.29 is 4.39 Å². The van der Waals surface area contributed by atoms with E-state index in [0.717, 1.165) is 5.69 Å². The SMILES string of the molecule is Cn1ccc(CC(F)CNC(C)(C)C)n1. The fourth-order valence-electron chi connectivity index (χ4n) is 1.29. The average molecular weight is 213 g/mol. The largest absolute Gasteiger partial charge is 0.309 e. The van der Waals surface area contributed by atoms with E-state index in [1.165, 1.54) is 0 Å². The van der Waals surface area contributed by atoms with Gasteiger partial charge in [0, 0.05) is 31.7 Å². The highest BCUT2D eigenvalue weighted by atomic mass is 19.1. The first kappa shape index (κ1) is 12.2. The molecule has 86 valence electrons. The van der Waals surface area contributed by atoms with E-state index in [1.54, 1.807) is 4.68 Å². The Labute approximate surface area is 90.7 Å². The van der Waals surface area contributed by atoms with Gasteiger partial charge < -0.3 is 5.32 Å². The molecule has 0 aliphatic carbocycles. The van der Waals surface area contributed by atoms with E-state index >= 15 is 0 Å². The smallest absolute Gasteiger partial charge is 0.118 e. The second kappa shape index (κ2) is 4.75. The van der Waals surface area contributed by atoms with Crippen LogP contribution in [0.25, 0.3) is 0 Å². The lowest BCUT2D eigenvalue weighted by Gasteiger charge is -2.21. The van der Waals surface area contributed by atoms with Crippen LogP contribution in [0.2, 0.25) is 0 Å². The van der Waals surface area contributed by atoms with Gasteiger partial charge in [0.2, 0.25) is 0 Å². The molecule has 3 nitrogen and oxygen atoms in total. The molecule has 1 atom stereocenters. The number of rotatable bonds is 4. The van der Waals surface area contributed by atoms with Crippen molar-refractivity contribution in [2.24, 2.45) is 7.05 Å². The molecule has 0 bridgehead atoms. The predicted octanol–water partition coefficient (Wildman–Crippen LogP) is 1.69. The van der Waals surface area contributed by atoms with Crippen molar-refractivity contribution in [3.8, 4) is 0 Å². The molecule has 1 N–H and O–H groups in total. The Balaban J connectivity index is 2.33. The number of hydrogen-bond donors (Lipinski definition) is 1. The van der Waals surface area contributed by atoms with E-state index in [1.807, 2.05) is 40.1 Å². The lowest BCUT2D eigenvalue weighted by Crippen LogP contribution is -2.40. The molecular formula is C11H20FN3. The molecule has 15 heavy (non-hydrogen) atoms. The Kier molecular flexibility index (Phi) is 3.85. The molecule has 0 saturated carbocycles. The molecule has 0 amide bonds. The summed E-state index contributed by atoms with van der Waals surface area (Å²) < 4.78 is 15.2. The van der Waals surface area contributed by atoms with Crippen LogP contribution in [0, 0.1) is 0 Å². The molecule has 4 heteroatoms. The maximum Gasteiger partial charge on any atom is 0.118 e. The summed E-state index contributed by atoms with van der Waals surface area (Å²) in [4.78, 5) is 0. The molecule has 1 heterocycles. The molecule has 1 rings (SSSR count). The van der Waals surface area contributed by atoms with Crippen molar-refractivity contribution in [3.05, 3.63) is 18.0 Å². The topological polar surface area (TPSA) is 29.9 Å². The summed E-state index contributed by atoms with van der Waals surface area (Å²) in [7, 11) is 1.84. The fourth-order valence-corrected chi connectivity index (χ4v) is 1.29. The number of hydrogen-bond acceptors (Lipinski definition) is 2. The Bertz CT molecular complexity index is 301. The van der Waals surface area contributed by atoms with Crippen LogP contribution in [0.3, 0.4) is 0 Å². The Hall–Kier alpha value is -0.900. The average Bonchev–Trinajstić information content (AvgIpc) is 2.47. The summed E-state index contributed by atoms with van der Waals surface area (Å²) in [5, 5.41) is 7.28. The van der Waals surface area contributed by atoms with Crippen molar-refractivity contribution in [2.45, 2.75) is 38.9 Å². The third-order valence-corrected chi connectivity index (χ3v) is 2.05. The molecule has 0 saturated heterocycles. The van der Waals surface area contributed by atoms with Crippen LogP contribution in [-0.2, 0) is 13.5 Å². The summed E-state index contributed by atoms with van der Waals surface area (Å²) in [5.74, 6) is 0. The van der Waals surface area contributed by atoms with E-state index in [-0.39, 0.29) is 5.54 Å². The predicted molar refractivity (Wildman–Crippen MR) is 59.6 cm³/mol. The molecule has 0 fully saturated rings. The minimum absolute atomic E-state index is 0.0333. The number of nitrogens with zero attached hydrogens (tertiary/aromatic N) is 2.